The lowest BCUT2D eigenvalue weighted by Crippen LogP contribution is -2.14. The molecule has 4 nitrogen and oxygen atoms in total. The largest absolute Gasteiger partial charge is 0.444 e. The lowest BCUT2D eigenvalue weighted by molar-refractivity contribution is -0.138. The number of hydrogen-bond acceptors (Lipinski definition) is 4. The summed E-state index contributed by atoms with van der Waals surface area (Å²) in [6, 6.07) is 9.75. The lowest BCUT2D eigenvalue weighted by atomic mass is 10.1. The molecule has 0 spiro atoms. The molecule has 0 saturated heterocycles. The molecule has 27 heavy (non-hydrogen) atoms. The number of sulfone groups is 1. The molecule has 142 valence electrons. The standard InChI is InChI=1S/C18H13F4NO3S/c19-14-7-5-12(6-8-14)17-23-15(9-26-17)11-27(24,25)10-13-3-1-2-4-16(13)18(20,21)22/h1-9H,10-11H2. The average Bonchev–Trinajstić information content (AvgIpc) is 3.02. The molecule has 0 bridgehead atoms. The predicted molar refractivity (Wildman–Crippen MR) is 89.7 cm³/mol. The summed E-state index contributed by atoms with van der Waals surface area (Å²) in [7, 11) is -3.93. The number of aromatic nitrogens is 1. The second kappa shape index (κ2) is 7.15. The van der Waals surface area contributed by atoms with E-state index in [0.29, 0.717) is 5.56 Å². The van der Waals surface area contributed by atoms with Gasteiger partial charge in [0.1, 0.15) is 12.1 Å². The Morgan fingerprint density at radius 2 is 1.63 bits per heavy atom. The Balaban J connectivity index is 1.79. The highest BCUT2D eigenvalue weighted by atomic mass is 32.2. The summed E-state index contributed by atoms with van der Waals surface area (Å²) in [5.41, 5.74) is -0.811. The SMILES string of the molecule is O=S(=O)(Cc1coc(-c2ccc(F)cc2)n1)Cc1ccccc1C(F)(F)F. The van der Waals surface area contributed by atoms with Crippen LogP contribution >= 0.6 is 0 Å². The number of benzene rings is 2. The van der Waals surface area contributed by atoms with Crippen LogP contribution in [0.15, 0.2) is 59.2 Å². The summed E-state index contributed by atoms with van der Waals surface area (Å²) in [4.78, 5) is 4.02. The maximum atomic E-state index is 13.0. The fourth-order valence-electron chi connectivity index (χ4n) is 2.53. The molecule has 0 aliphatic heterocycles. The van der Waals surface area contributed by atoms with Gasteiger partial charge in [0, 0.05) is 5.56 Å². The van der Waals surface area contributed by atoms with Crippen molar-refractivity contribution in [1.82, 2.24) is 4.98 Å². The van der Waals surface area contributed by atoms with Gasteiger partial charge in [-0.15, -0.1) is 0 Å². The zero-order valence-corrected chi connectivity index (χ0v) is 14.5. The first-order valence-electron chi connectivity index (χ1n) is 7.70. The van der Waals surface area contributed by atoms with Crippen molar-refractivity contribution in [3.05, 3.63) is 77.4 Å². The molecule has 1 heterocycles. The van der Waals surface area contributed by atoms with E-state index < -0.39 is 38.9 Å². The Morgan fingerprint density at radius 1 is 0.963 bits per heavy atom. The zero-order valence-electron chi connectivity index (χ0n) is 13.7. The predicted octanol–water partition coefficient (Wildman–Crippen LogP) is 4.61. The number of halogens is 4. The number of hydrogen-bond donors (Lipinski definition) is 0. The van der Waals surface area contributed by atoms with E-state index in [4.69, 9.17) is 4.42 Å². The molecule has 0 atom stereocenters. The molecule has 0 fully saturated rings. The Bertz CT molecular complexity index is 1040. The highest BCUT2D eigenvalue weighted by Gasteiger charge is 2.34. The topological polar surface area (TPSA) is 60.2 Å². The Labute approximate surface area is 152 Å². The second-order valence-electron chi connectivity index (χ2n) is 5.84. The van der Waals surface area contributed by atoms with Crippen LogP contribution in [-0.4, -0.2) is 13.4 Å². The molecule has 0 aliphatic rings. The van der Waals surface area contributed by atoms with Gasteiger partial charge in [-0.05, 0) is 35.9 Å². The molecule has 0 N–H and O–H groups in total. The van der Waals surface area contributed by atoms with Gasteiger partial charge in [-0.25, -0.2) is 17.8 Å². The van der Waals surface area contributed by atoms with Crippen molar-refractivity contribution in [2.75, 3.05) is 0 Å². The van der Waals surface area contributed by atoms with E-state index in [1.165, 1.54) is 36.4 Å². The third-order valence-electron chi connectivity index (χ3n) is 3.71. The average molecular weight is 399 g/mol. The minimum Gasteiger partial charge on any atom is -0.444 e. The van der Waals surface area contributed by atoms with E-state index in [0.717, 1.165) is 18.4 Å². The molecule has 3 aromatic rings. The summed E-state index contributed by atoms with van der Waals surface area (Å²) < 4.78 is 81.9. The zero-order chi connectivity index (χ0) is 19.7. The minimum atomic E-state index is -4.64. The molecule has 9 heteroatoms. The second-order valence-corrected chi connectivity index (χ2v) is 7.90. The monoisotopic (exact) mass is 399 g/mol. The number of nitrogens with zero attached hydrogens (tertiary/aromatic N) is 1. The summed E-state index contributed by atoms with van der Waals surface area (Å²) in [6.07, 6.45) is -3.53. The minimum absolute atomic E-state index is 0.0545. The van der Waals surface area contributed by atoms with Crippen LogP contribution in [0.1, 0.15) is 16.8 Å². The van der Waals surface area contributed by atoms with Crippen LogP contribution in [0, 0.1) is 5.82 Å². The van der Waals surface area contributed by atoms with Crippen LogP contribution in [0.5, 0.6) is 0 Å². The van der Waals surface area contributed by atoms with Gasteiger partial charge >= 0.3 is 6.18 Å². The normalized spacial score (nSPS) is 12.3. The van der Waals surface area contributed by atoms with Crippen molar-refractivity contribution in [2.24, 2.45) is 0 Å². The van der Waals surface area contributed by atoms with Gasteiger partial charge in [-0.3, -0.25) is 0 Å². The van der Waals surface area contributed by atoms with E-state index in [1.54, 1.807) is 0 Å². The van der Waals surface area contributed by atoms with E-state index in [2.05, 4.69) is 4.98 Å². The molecule has 0 saturated carbocycles. The Hall–Kier alpha value is -2.68. The van der Waals surface area contributed by atoms with Crippen LogP contribution in [0.2, 0.25) is 0 Å². The van der Waals surface area contributed by atoms with E-state index in [9.17, 15) is 26.0 Å². The van der Waals surface area contributed by atoms with Gasteiger partial charge in [0.05, 0.1) is 22.8 Å². The number of rotatable bonds is 5. The van der Waals surface area contributed by atoms with Crippen LogP contribution in [0.4, 0.5) is 17.6 Å². The van der Waals surface area contributed by atoms with Gasteiger partial charge < -0.3 is 4.42 Å². The highest BCUT2D eigenvalue weighted by molar-refractivity contribution is 7.89. The first kappa shape index (κ1) is 19.1. The van der Waals surface area contributed by atoms with Crippen LogP contribution in [0.3, 0.4) is 0 Å². The van der Waals surface area contributed by atoms with Crippen molar-refractivity contribution in [1.29, 1.82) is 0 Å². The molecular formula is C18H13F4NO3S. The number of alkyl halides is 3. The first-order chi connectivity index (χ1) is 12.6. The summed E-state index contributed by atoms with van der Waals surface area (Å²) in [5, 5.41) is 0. The van der Waals surface area contributed by atoms with Crippen LogP contribution in [-0.2, 0) is 27.5 Å². The molecule has 0 unspecified atom stereocenters. The molecule has 0 aliphatic carbocycles. The quantitative estimate of drug-likeness (QED) is 0.588. The van der Waals surface area contributed by atoms with Crippen LogP contribution < -0.4 is 0 Å². The number of oxazole rings is 1. The molecule has 0 amide bonds. The van der Waals surface area contributed by atoms with Gasteiger partial charge in [0.15, 0.2) is 9.84 Å². The summed E-state index contributed by atoms with van der Waals surface area (Å²) in [5.74, 6) is -1.71. The van der Waals surface area contributed by atoms with E-state index >= 15 is 0 Å². The van der Waals surface area contributed by atoms with Crippen molar-refractivity contribution in [3.8, 4) is 11.5 Å². The smallest absolute Gasteiger partial charge is 0.416 e. The summed E-state index contributed by atoms with van der Waals surface area (Å²) >= 11 is 0. The van der Waals surface area contributed by atoms with E-state index in [-0.39, 0.29) is 17.1 Å². The fourth-order valence-corrected chi connectivity index (χ4v) is 3.95. The molecular weight excluding hydrogens is 386 g/mol. The van der Waals surface area contributed by atoms with Gasteiger partial charge in [-0.1, -0.05) is 18.2 Å². The van der Waals surface area contributed by atoms with Crippen molar-refractivity contribution < 1.29 is 30.4 Å². The van der Waals surface area contributed by atoms with Gasteiger partial charge in [-0.2, -0.15) is 13.2 Å². The highest BCUT2D eigenvalue weighted by Crippen LogP contribution is 2.33. The molecule has 1 aromatic heterocycles. The first-order valence-corrected chi connectivity index (χ1v) is 9.52. The van der Waals surface area contributed by atoms with Crippen molar-refractivity contribution >= 4 is 9.84 Å². The Morgan fingerprint density at radius 3 is 2.30 bits per heavy atom. The third kappa shape index (κ3) is 4.73. The molecule has 3 rings (SSSR count). The van der Waals surface area contributed by atoms with Crippen molar-refractivity contribution in [3.63, 3.8) is 0 Å². The summed E-state index contributed by atoms with van der Waals surface area (Å²) in [6.45, 7) is 0. The van der Waals surface area contributed by atoms with E-state index in [1.807, 2.05) is 0 Å². The fraction of sp³-hybridized carbons (Fsp3) is 0.167. The maximum Gasteiger partial charge on any atom is 0.416 e. The van der Waals surface area contributed by atoms with Gasteiger partial charge in [0.25, 0.3) is 0 Å². The Kier molecular flexibility index (Phi) is 5.05. The van der Waals surface area contributed by atoms with Gasteiger partial charge in [0.2, 0.25) is 5.89 Å². The molecule has 0 radical (unpaired) electrons. The maximum absolute atomic E-state index is 13.0. The van der Waals surface area contributed by atoms with Crippen molar-refractivity contribution in [2.45, 2.75) is 17.7 Å². The van der Waals surface area contributed by atoms with Crippen LogP contribution in [0.25, 0.3) is 11.5 Å². The third-order valence-corrected chi connectivity index (χ3v) is 5.20. The molecule has 2 aromatic carbocycles. The lowest BCUT2D eigenvalue weighted by Gasteiger charge is -2.12.